The van der Waals surface area contributed by atoms with Crippen LogP contribution in [0.3, 0.4) is 0 Å². The van der Waals surface area contributed by atoms with Crippen LogP contribution in [0.4, 0.5) is 5.69 Å². The number of fused-ring (bicyclic) bond motifs is 1. The number of aromatic hydroxyl groups is 2. The number of benzene rings is 2. The third-order valence-electron chi connectivity index (χ3n) is 6.58. The average molecular weight is 424 g/mol. The molecule has 0 radical (unpaired) electrons. The first-order chi connectivity index (χ1) is 14.8. The summed E-state index contributed by atoms with van der Waals surface area (Å²) in [5.41, 5.74) is 4.64. The maximum absolute atomic E-state index is 13.4. The van der Waals surface area contributed by atoms with E-state index in [0.717, 1.165) is 39.0 Å². The predicted molar refractivity (Wildman–Crippen MR) is 123 cm³/mol. The van der Waals surface area contributed by atoms with Gasteiger partial charge in [0.15, 0.2) is 0 Å². The maximum Gasteiger partial charge on any atom is 0.257 e. The van der Waals surface area contributed by atoms with Gasteiger partial charge in [0.05, 0.1) is 5.56 Å². The van der Waals surface area contributed by atoms with Crippen LogP contribution in [0.15, 0.2) is 30.3 Å². The molecule has 2 aromatic rings. The van der Waals surface area contributed by atoms with Gasteiger partial charge in [0, 0.05) is 51.0 Å². The topological polar surface area (TPSA) is 67.3 Å². The second-order valence-electron chi connectivity index (χ2n) is 9.16. The molecule has 0 unspecified atom stereocenters. The molecule has 0 saturated carbocycles. The number of rotatable bonds is 3. The van der Waals surface area contributed by atoms with Gasteiger partial charge < -0.3 is 24.9 Å². The van der Waals surface area contributed by atoms with Gasteiger partial charge >= 0.3 is 0 Å². The highest BCUT2D eigenvalue weighted by Crippen LogP contribution is 2.34. The van der Waals surface area contributed by atoms with Gasteiger partial charge in [-0.15, -0.1) is 0 Å². The number of aryl methyl sites for hydroxylation is 1. The maximum atomic E-state index is 13.4. The molecule has 2 aliphatic rings. The Bertz CT molecular complexity index is 965. The van der Waals surface area contributed by atoms with Crippen molar-refractivity contribution in [3.8, 4) is 11.5 Å². The molecule has 4 rings (SSSR count). The molecule has 6 heteroatoms. The lowest BCUT2D eigenvalue weighted by atomic mass is 9.98. The molecule has 2 aliphatic heterocycles. The first-order valence-electron chi connectivity index (χ1n) is 11.2. The average Bonchev–Trinajstić information content (AvgIpc) is 2.95. The molecular weight excluding hydrogens is 390 g/mol. The molecule has 0 bridgehead atoms. The zero-order valence-electron chi connectivity index (χ0n) is 18.8. The van der Waals surface area contributed by atoms with Crippen molar-refractivity contribution in [2.45, 2.75) is 39.2 Å². The molecule has 0 atom stereocenters. The van der Waals surface area contributed by atoms with E-state index in [4.69, 9.17) is 0 Å². The molecule has 6 nitrogen and oxygen atoms in total. The molecular formula is C25H33N3O3. The fourth-order valence-corrected chi connectivity index (χ4v) is 4.58. The molecule has 1 amide bonds. The Morgan fingerprint density at radius 1 is 0.935 bits per heavy atom. The zero-order valence-corrected chi connectivity index (χ0v) is 18.8. The zero-order chi connectivity index (χ0) is 22.1. The summed E-state index contributed by atoms with van der Waals surface area (Å²) in [5, 5.41) is 20.5. The Hall–Kier alpha value is -2.73. The molecule has 1 fully saturated rings. The van der Waals surface area contributed by atoms with Crippen molar-refractivity contribution in [2.75, 3.05) is 44.7 Å². The number of carbonyl (C=O) groups excluding carboxylic acids is 1. The summed E-state index contributed by atoms with van der Waals surface area (Å²) in [6.07, 6.45) is 1.84. The molecule has 31 heavy (non-hydrogen) atoms. The van der Waals surface area contributed by atoms with Crippen molar-refractivity contribution >= 4 is 11.6 Å². The number of phenolic OH excluding ortho intramolecular Hbond substituents is 2. The quantitative estimate of drug-likeness (QED) is 0.790. The lowest BCUT2D eigenvalue weighted by Crippen LogP contribution is -2.44. The van der Waals surface area contributed by atoms with E-state index in [1.54, 1.807) is 6.07 Å². The highest BCUT2D eigenvalue weighted by Gasteiger charge is 2.25. The SMILES string of the molecule is CC(C)c1cc(C(=O)N2CCCc3ccc(N4CCN(C)CC4)cc3C2)c(O)cc1O. The number of piperazine rings is 1. The number of nitrogens with zero attached hydrogens (tertiary/aromatic N) is 3. The predicted octanol–water partition coefficient (Wildman–Crippen LogP) is 3.56. The number of phenols is 2. The van der Waals surface area contributed by atoms with Gasteiger partial charge in [-0.3, -0.25) is 4.79 Å². The fraction of sp³-hybridized carbons (Fsp3) is 0.480. The van der Waals surface area contributed by atoms with Gasteiger partial charge in [0.2, 0.25) is 0 Å². The van der Waals surface area contributed by atoms with Crippen LogP contribution in [0, 0.1) is 0 Å². The molecule has 0 aliphatic carbocycles. The van der Waals surface area contributed by atoms with Gasteiger partial charge in [-0.1, -0.05) is 19.9 Å². The minimum Gasteiger partial charge on any atom is -0.508 e. The Morgan fingerprint density at radius 2 is 1.68 bits per heavy atom. The highest BCUT2D eigenvalue weighted by molar-refractivity contribution is 5.97. The molecule has 1 saturated heterocycles. The molecule has 2 heterocycles. The molecule has 2 N–H and O–H groups in total. The van der Waals surface area contributed by atoms with Gasteiger partial charge in [-0.2, -0.15) is 0 Å². The summed E-state index contributed by atoms with van der Waals surface area (Å²) in [6, 6.07) is 9.60. The van der Waals surface area contributed by atoms with Crippen LogP contribution < -0.4 is 4.90 Å². The summed E-state index contributed by atoms with van der Waals surface area (Å²) in [6.45, 7) is 9.24. The van der Waals surface area contributed by atoms with Crippen LogP contribution in [0.5, 0.6) is 11.5 Å². The van der Waals surface area contributed by atoms with E-state index in [2.05, 4.69) is 35.0 Å². The Balaban J connectivity index is 1.59. The van der Waals surface area contributed by atoms with Crippen molar-refractivity contribution in [3.05, 3.63) is 52.6 Å². The second-order valence-corrected chi connectivity index (χ2v) is 9.16. The number of hydrogen-bond donors (Lipinski definition) is 2. The van der Waals surface area contributed by atoms with E-state index in [1.807, 2.05) is 18.7 Å². The minimum absolute atomic E-state index is 0.0297. The third kappa shape index (κ3) is 4.49. The van der Waals surface area contributed by atoms with E-state index in [-0.39, 0.29) is 28.9 Å². The third-order valence-corrected chi connectivity index (χ3v) is 6.58. The van der Waals surface area contributed by atoms with Crippen molar-refractivity contribution < 1.29 is 15.0 Å². The van der Waals surface area contributed by atoms with Crippen LogP contribution in [0.1, 0.15) is 53.2 Å². The largest absolute Gasteiger partial charge is 0.508 e. The number of carbonyl (C=O) groups is 1. The van der Waals surface area contributed by atoms with Crippen molar-refractivity contribution in [2.24, 2.45) is 0 Å². The number of anilines is 1. The summed E-state index contributed by atoms with van der Waals surface area (Å²) in [4.78, 5) is 19.9. The van der Waals surface area contributed by atoms with Crippen LogP contribution in [-0.4, -0.2) is 65.7 Å². The number of likely N-dealkylation sites (N-methyl/N-ethyl adjacent to an activating group) is 1. The summed E-state index contributed by atoms with van der Waals surface area (Å²) >= 11 is 0. The summed E-state index contributed by atoms with van der Waals surface area (Å²) in [5.74, 6) is -0.259. The Labute approximate surface area is 184 Å². The molecule has 2 aromatic carbocycles. The monoisotopic (exact) mass is 423 g/mol. The highest BCUT2D eigenvalue weighted by atomic mass is 16.3. The van der Waals surface area contributed by atoms with Crippen LogP contribution in [0.2, 0.25) is 0 Å². The Kier molecular flexibility index (Phi) is 6.10. The molecule has 166 valence electrons. The normalized spacial score (nSPS) is 17.5. The summed E-state index contributed by atoms with van der Waals surface area (Å²) < 4.78 is 0. The van der Waals surface area contributed by atoms with E-state index in [9.17, 15) is 15.0 Å². The van der Waals surface area contributed by atoms with E-state index < -0.39 is 0 Å². The number of amides is 1. The van der Waals surface area contributed by atoms with Crippen LogP contribution in [0.25, 0.3) is 0 Å². The minimum atomic E-state index is -0.183. The smallest absolute Gasteiger partial charge is 0.257 e. The Morgan fingerprint density at radius 3 is 2.39 bits per heavy atom. The van der Waals surface area contributed by atoms with Gasteiger partial charge in [-0.25, -0.2) is 0 Å². The van der Waals surface area contributed by atoms with Crippen LogP contribution >= 0.6 is 0 Å². The lowest BCUT2D eigenvalue weighted by Gasteiger charge is -2.34. The van der Waals surface area contributed by atoms with Crippen molar-refractivity contribution in [1.82, 2.24) is 9.80 Å². The summed E-state index contributed by atoms with van der Waals surface area (Å²) in [7, 11) is 2.15. The van der Waals surface area contributed by atoms with Gasteiger partial charge in [-0.05, 0) is 60.7 Å². The lowest BCUT2D eigenvalue weighted by molar-refractivity contribution is 0.0742. The second kappa shape index (κ2) is 8.79. The first kappa shape index (κ1) is 21.5. The standard InChI is InChI=1S/C25H33N3O3/c1-17(2)21-14-22(24(30)15-23(21)29)25(31)28-8-4-5-18-6-7-20(13-19(18)16-28)27-11-9-26(3)10-12-27/h6-7,13-15,17,29-30H,4-5,8-12,16H2,1-3H3. The van der Waals surface area contributed by atoms with E-state index in [0.29, 0.717) is 18.7 Å². The van der Waals surface area contributed by atoms with Crippen LogP contribution in [-0.2, 0) is 13.0 Å². The van der Waals surface area contributed by atoms with Gasteiger partial charge in [0.1, 0.15) is 11.5 Å². The first-order valence-corrected chi connectivity index (χ1v) is 11.2. The number of hydrogen-bond acceptors (Lipinski definition) is 5. The van der Waals surface area contributed by atoms with E-state index >= 15 is 0 Å². The van der Waals surface area contributed by atoms with Crippen molar-refractivity contribution in [3.63, 3.8) is 0 Å². The fourth-order valence-electron chi connectivity index (χ4n) is 4.58. The molecule has 0 aromatic heterocycles. The molecule has 0 spiro atoms. The van der Waals surface area contributed by atoms with E-state index in [1.165, 1.54) is 22.9 Å². The van der Waals surface area contributed by atoms with Gasteiger partial charge in [0.25, 0.3) is 5.91 Å². The van der Waals surface area contributed by atoms with Crippen molar-refractivity contribution in [1.29, 1.82) is 0 Å².